The molecule has 1 atom stereocenters. The number of fused-ring (bicyclic) bond motifs is 1. The van der Waals surface area contributed by atoms with E-state index in [1.807, 2.05) is 72.9 Å². The van der Waals surface area contributed by atoms with Crippen molar-refractivity contribution in [3.05, 3.63) is 108 Å². The Kier molecular flexibility index (Phi) is 5.59. The number of para-hydroxylation sites is 1. The van der Waals surface area contributed by atoms with Gasteiger partial charge < -0.3 is 15.3 Å². The number of benzene rings is 3. The van der Waals surface area contributed by atoms with Crippen LogP contribution in [0.4, 0.5) is 0 Å². The highest BCUT2D eigenvalue weighted by Crippen LogP contribution is 2.25. The molecule has 5 rings (SSSR count). The quantitative estimate of drug-likeness (QED) is 0.317. The highest BCUT2D eigenvalue weighted by Gasteiger charge is 2.23. The normalized spacial score (nSPS) is 12.1. The summed E-state index contributed by atoms with van der Waals surface area (Å²) in [6, 6.07) is 25.6. The SMILES string of the molecule is O=C(c1c[nH]c2ccccc12)[C@H](NCCc1ccc(-c2nnc[nH]2)cc1)c1ccccc1. The smallest absolute Gasteiger partial charge is 0.186 e. The molecule has 2 heterocycles. The van der Waals surface area contributed by atoms with Crippen molar-refractivity contribution < 1.29 is 4.79 Å². The van der Waals surface area contributed by atoms with Gasteiger partial charge in [-0.2, -0.15) is 0 Å². The third kappa shape index (κ3) is 4.08. The van der Waals surface area contributed by atoms with Gasteiger partial charge in [0, 0.05) is 34.8 Å². The first-order valence-electron chi connectivity index (χ1n) is 10.6. The number of ketones is 1. The van der Waals surface area contributed by atoms with E-state index in [0.29, 0.717) is 12.1 Å². The Morgan fingerprint density at radius 1 is 0.906 bits per heavy atom. The average molecular weight is 422 g/mol. The van der Waals surface area contributed by atoms with Crippen molar-refractivity contribution in [3.63, 3.8) is 0 Å². The number of H-pyrrole nitrogens is 2. The van der Waals surface area contributed by atoms with E-state index in [0.717, 1.165) is 34.3 Å². The van der Waals surface area contributed by atoms with Gasteiger partial charge in [0.05, 0.1) is 6.04 Å². The Morgan fingerprint density at radius 3 is 2.47 bits per heavy atom. The lowest BCUT2D eigenvalue weighted by Gasteiger charge is -2.18. The molecule has 3 aromatic carbocycles. The minimum atomic E-state index is -0.413. The first-order chi connectivity index (χ1) is 15.8. The molecule has 0 amide bonds. The maximum atomic E-state index is 13.5. The van der Waals surface area contributed by atoms with Crippen LogP contribution in [-0.2, 0) is 6.42 Å². The van der Waals surface area contributed by atoms with E-state index in [2.05, 4.69) is 37.6 Å². The van der Waals surface area contributed by atoms with Gasteiger partial charge in [-0.1, -0.05) is 72.8 Å². The summed E-state index contributed by atoms with van der Waals surface area (Å²) in [4.78, 5) is 19.8. The minimum Gasteiger partial charge on any atom is -0.360 e. The van der Waals surface area contributed by atoms with Gasteiger partial charge in [-0.15, -0.1) is 10.2 Å². The molecule has 0 aliphatic carbocycles. The third-order valence-corrected chi connectivity index (χ3v) is 5.66. The largest absolute Gasteiger partial charge is 0.360 e. The zero-order valence-corrected chi connectivity index (χ0v) is 17.5. The number of hydrogen-bond acceptors (Lipinski definition) is 4. The maximum Gasteiger partial charge on any atom is 0.186 e. The van der Waals surface area contributed by atoms with Gasteiger partial charge in [0.25, 0.3) is 0 Å². The topological polar surface area (TPSA) is 86.5 Å². The van der Waals surface area contributed by atoms with E-state index < -0.39 is 6.04 Å². The van der Waals surface area contributed by atoms with Crippen molar-refractivity contribution >= 4 is 16.7 Å². The highest BCUT2D eigenvalue weighted by molar-refractivity contribution is 6.10. The molecule has 0 fully saturated rings. The molecule has 32 heavy (non-hydrogen) atoms. The van der Waals surface area contributed by atoms with Crippen LogP contribution in [0.3, 0.4) is 0 Å². The number of carbonyl (C=O) groups is 1. The van der Waals surface area contributed by atoms with E-state index in [1.165, 1.54) is 5.56 Å². The molecule has 6 nitrogen and oxygen atoms in total. The number of Topliss-reactive ketones (excluding diaryl/α,β-unsaturated/α-hetero) is 1. The van der Waals surface area contributed by atoms with Crippen LogP contribution in [0.25, 0.3) is 22.3 Å². The van der Waals surface area contributed by atoms with Crippen LogP contribution in [0.2, 0.25) is 0 Å². The highest BCUT2D eigenvalue weighted by atomic mass is 16.1. The number of carbonyl (C=O) groups excluding carboxylic acids is 1. The summed E-state index contributed by atoms with van der Waals surface area (Å²) in [6.07, 6.45) is 4.19. The molecule has 0 saturated heterocycles. The summed E-state index contributed by atoms with van der Waals surface area (Å²) in [5, 5.41) is 12.3. The van der Waals surface area contributed by atoms with Crippen molar-refractivity contribution in [3.8, 4) is 11.4 Å². The van der Waals surface area contributed by atoms with Crippen LogP contribution in [-0.4, -0.2) is 32.5 Å². The minimum absolute atomic E-state index is 0.0642. The predicted octanol–water partition coefficient (Wildman–Crippen LogP) is 4.71. The fourth-order valence-electron chi connectivity index (χ4n) is 3.97. The van der Waals surface area contributed by atoms with E-state index in [9.17, 15) is 4.79 Å². The van der Waals surface area contributed by atoms with Gasteiger partial charge in [0.15, 0.2) is 11.6 Å². The van der Waals surface area contributed by atoms with Crippen LogP contribution < -0.4 is 5.32 Å². The molecule has 0 bridgehead atoms. The van der Waals surface area contributed by atoms with Crippen LogP contribution in [0, 0.1) is 0 Å². The first-order valence-corrected chi connectivity index (χ1v) is 10.6. The fourth-order valence-corrected chi connectivity index (χ4v) is 3.97. The van der Waals surface area contributed by atoms with Gasteiger partial charge in [-0.3, -0.25) is 4.79 Å². The number of hydrogen-bond donors (Lipinski definition) is 3. The Hall–Kier alpha value is -4.03. The van der Waals surface area contributed by atoms with Crippen LogP contribution in [0.5, 0.6) is 0 Å². The molecular weight excluding hydrogens is 398 g/mol. The van der Waals surface area contributed by atoms with Crippen molar-refractivity contribution in [2.24, 2.45) is 0 Å². The predicted molar refractivity (Wildman–Crippen MR) is 125 cm³/mol. The molecule has 0 aliphatic rings. The lowest BCUT2D eigenvalue weighted by atomic mass is 9.96. The molecule has 0 unspecified atom stereocenters. The van der Waals surface area contributed by atoms with E-state index >= 15 is 0 Å². The molecule has 6 heteroatoms. The zero-order chi connectivity index (χ0) is 21.8. The summed E-state index contributed by atoms with van der Waals surface area (Å²) in [5.41, 5.74) is 4.82. The Bertz CT molecular complexity index is 1310. The second-order valence-corrected chi connectivity index (χ2v) is 7.69. The number of aromatic amines is 2. The molecule has 0 saturated carbocycles. The van der Waals surface area contributed by atoms with Crippen molar-refractivity contribution in [1.29, 1.82) is 0 Å². The van der Waals surface area contributed by atoms with E-state index in [-0.39, 0.29) is 5.78 Å². The summed E-state index contributed by atoms with van der Waals surface area (Å²) >= 11 is 0. The molecule has 5 aromatic rings. The van der Waals surface area contributed by atoms with Gasteiger partial charge in [0.1, 0.15) is 6.33 Å². The van der Waals surface area contributed by atoms with Crippen LogP contribution >= 0.6 is 0 Å². The van der Waals surface area contributed by atoms with Gasteiger partial charge in [-0.05, 0) is 23.6 Å². The lowest BCUT2D eigenvalue weighted by molar-refractivity contribution is 0.0945. The van der Waals surface area contributed by atoms with Crippen LogP contribution in [0.15, 0.2) is 91.4 Å². The summed E-state index contributed by atoms with van der Waals surface area (Å²) in [5.74, 6) is 0.817. The number of aromatic nitrogens is 4. The molecule has 2 aromatic heterocycles. The Labute approximate surface area is 185 Å². The van der Waals surface area contributed by atoms with Gasteiger partial charge >= 0.3 is 0 Å². The second-order valence-electron chi connectivity index (χ2n) is 7.69. The maximum absolute atomic E-state index is 13.5. The lowest BCUT2D eigenvalue weighted by Crippen LogP contribution is -2.30. The van der Waals surface area contributed by atoms with Crippen molar-refractivity contribution in [2.45, 2.75) is 12.5 Å². The van der Waals surface area contributed by atoms with Crippen LogP contribution in [0.1, 0.15) is 27.5 Å². The average Bonchev–Trinajstić information content (AvgIpc) is 3.53. The number of rotatable bonds is 8. The van der Waals surface area contributed by atoms with Crippen molar-refractivity contribution in [1.82, 2.24) is 25.5 Å². The fraction of sp³-hybridized carbons (Fsp3) is 0.115. The molecule has 158 valence electrons. The van der Waals surface area contributed by atoms with E-state index in [4.69, 9.17) is 0 Å². The zero-order valence-electron chi connectivity index (χ0n) is 17.5. The van der Waals surface area contributed by atoms with Gasteiger partial charge in [-0.25, -0.2) is 0 Å². The first kappa shape index (κ1) is 19.9. The summed E-state index contributed by atoms with van der Waals surface area (Å²) in [6.45, 7) is 0.676. The molecular formula is C26H23N5O. The van der Waals surface area contributed by atoms with Gasteiger partial charge in [0.2, 0.25) is 0 Å². The summed E-state index contributed by atoms with van der Waals surface area (Å²) < 4.78 is 0. The number of nitrogens with zero attached hydrogens (tertiary/aromatic N) is 2. The Morgan fingerprint density at radius 2 is 1.69 bits per heavy atom. The standard InChI is InChI=1S/C26H23N5O/c32-25(22-16-28-23-9-5-4-8-21(22)23)24(19-6-2-1-3-7-19)27-15-14-18-10-12-20(13-11-18)26-29-17-30-31-26/h1-13,16-17,24,27-28H,14-15H2,(H,29,30,31)/t24-/m1/s1. The molecule has 0 spiro atoms. The van der Waals surface area contributed by atoms with Crippen molar-refractivity contribution in [2.75, 3.05) is 6.54 Å². The molecule has 3 N–H and O–H groups in total. The summed E-state index contributed by atoms with van der Waals surface area (Å²) in [7, 11) is 0. The molecule has 0 radical (unpaired) electrons. The Balaban J connectivity index is 1.32. The monoisotopic (exact) mass is 421 g/mol. The molecule has 0 aliphatic heterocycles. The van der Waals surface area contributed by atoms with E-state index in [1.54, 1.807) is 6.33 Å². The second kappa shape index (κ2) is 8.99. The third-order valence-electron chi connectivity index (χ3n) is 5.66. The number of nitrogens with one attached hydrogen (secondary N) is 3.